The van der Waals surface area contributed by atoms with E-state index in [0.29, 0.717) is 11.6 Å². The third-order valence-electron chi connectivity index (χ3n) is 5.54. The number of fused-ring (bicyclic) bond motifs is 3. The van der Waals surface area contributed by atoms with Crippen LogP contribution in [-0.4, -0.2) is 69.3 Å². The van der Waals surface area contributed by atoms with Gasteiger partial charge in [0.1, 0.15) is 12.1 Å². The average molecular weight is 380 g/mol. The highest BCUT2D eigenvalue weighted by Gasteiger charge is 2.29. The van der Waals surface area contributed by atoms with Gasteiger partial charge in [0, 0.05) is 31.4 Å². The molecule has 0 bridgehead atoms. The van der Waals surface area contributed by atoms with Crippen molar-refractivity contribution in [2.24, 2.45) is 0 Å². The number of carbonyl (C=O) groups is 1. The van der Waals surface area contributed by atoms with Crippen LogP contribution in [0.1, 0.15) is 37.0 Å². The van der Waals surface area contributed by atoms with E-state index in [1.54, 1.807) is 6.33 Å². The molecule has 28 heavy (non-hydrogen) atoms. The maximum atomic E-state index is 13.6. The Labute approximate surface area is 165 Å². The van der Waals surface area contributed by atoms with Crippen LogP contribution in [0.15, 0.2) is 30.7 Å². The van der Waals surface area contributed by atoms with E-state index in [1.165, 1.54) is 0 Å². The van der Waals surface area contributed by atoms with Gasteiger partial charge in [0.15, 0.2) is 5.65 Å². The van der Waals surface area contributed by atoms with Crippen molar-refractivity contribution in [2.45, 2.75) is 38.8 Å². The zero-order valence-electron chi connectivity index (χ0n) is 17.0. The molecule has 148 valence electrons. The van der Waals surface area contributed by atoms with Crippen LogP contribution in [0.2, 0.25) is 0 Å². The minimum atomic E-state index is 0.0671. The van der Waals surface area contributed by atoms with Crippen LogP contribution in [0.4, 0.5) is 5.82 Å². The molecule has 1 fully saturated rings. The molecule has 7 nitrogen and oxygen atoms in total. The highest BCUT2D eigenvalue weighted by Crippen LogP contribution is 2.32. The third-order valence-corrected chi connectivity index (χ3v) is 5.54. The number of hydrogen-bond acceptors (Lipinski definition) is 5. The first kappa shape index (κ1) is 18.7. The number of anilines is 1. The van der Waals surface area contributed by atoms with Crippen molar-refractivity contribution in [3.8, 4) is 0 Å². The fraction of sp³-hybridized carbons (Fsp3) is 0.476. The van der Waals surface area contributed by atoms with Gasteiger partial charge in [0.2, 0.25) is 0 Å². The molecule has 0 unspecified atom stereocenters. The second kappa shape index (κ2) is 7.39. The van der Waals surface area contributed by atoms with E-state index in [2.05, 4.69) is 48.1 Å². The van der Waals surface area contributed by atoms with Crippen molar-refractivity contribution < 1.29 is 4.79 Å². The molecule has 0 aliphatic carbocycles. The van der Waals surface area contributed by atoms with Crippen LogP contribution < -0.4 is 5.32 Å². The Balaban J connectivity index is 1.81. The fourth-order valence-electron chi connectivity index (χ4n) is 4.09. The lowest BCUT2D eigenvalue weighted by atomic mass is 10.0. The molecule has 4 heterocycles. The van der Waals surface area contributed by atoms with E-state index in [4.69, 9.17) is 0 Å². The van der Waals surface area contributed by atoms with Gasteiger partial charge in [-0.1, -0.05) is 6.07 Å². The molecule has 7 heteroatoms. The summed E-state index contributed by atoms with van der Waals surface area (Å²) in [7, 11) is 4.22. The molecule has 4 rings (SSSR count). The average Bonchev–Trinajstić information content (AvgIpc) is 3.03. The Morgan fingerprint density at radius 2 is 1.96 bits per heavy atom. The first-order valence-electron chi connectivity index (χ1n) is 9.93. The Morgan fingerprint density at radius 3 is 2.64 bits per heavy atom. The molecule has 1 amide bonds. The van der Waals surface area contributed by atoms with Gasteiger partial charge < -0.3 is 19.5 Å². The van der Waals surface area contributed by atoms with E-state index < -0.39 is 0 Å². The van der Waals surface area contributed by atoms with Gasteiger partial charge in [-0.25, -0.2) is 9.97 Å². The standard InChI is InChI=1S/C21H28N6O/c1-14(2)24-19-18-17(21(28)26-11-8-15(9-12-26)25(3)4)16-7-5-6-10-27(16)20(18)23-13-22-19/h5-7,10,13-15H,8-9,11-12H2,1-4H3,(H,22,23,24). The van der Waals surface area contributed by atoms with Crippen LogP contribution >= 0.6 is 0 Å². The number of likely N-dealkylation sites (tertiary alicyclic amines) is 1. The van der Waals surface area contributed by atoms with Crippen molar-refractivity contribution in [1.29, 1.82) is 0 Å². The summed E-state index contributed by atoms with van der Waals surface area (Å²) in [5, 5.41) is 4.19. The molecule has 0 atom stereocenters. The molecular formula is C21H28N6O. The molecule has 0 aromatic carbocycles. The Morgan fingerprint density at radius 1 is 1.21 bits per heavy atom. The summed E-state index contributed by atoms with van der Waals surface area (Å²) in [5.74, 6) is 0.785. The second-order valence-corrected chi connectivity index (χ2v) is 8.04. The Hall–Kier alpha value is -2.67. The summed E-state index contributed by atoms with van der Waals surface area (Å²) in [5.41, 5.74) is 2.34. The first-order valence-corrected chi connectivity index (χ1v) is 9.93. The van der Waals surface area contributed by atoms with Gasteiger partial charge in [0.25, 0.3) is 5.91 Å². The van der Waals surface area contributed by atoms with Crippen molar-refractivity contribution in [3.63, 3.8) is 0 Å². The van der Waals surface area contributed by atoms with Gasteiger partial charge in [-0.15, -0.1) is 0 Å². The summed E-state index contributed by atoms with van der Waals surface area (Å²) in [6, 6.07) is 6.65. The smallest absolute Gasteiger partial charge is 0.256 e. The lowest BCUT2D eigenvalue weighted by molar-refractivity contribution is 0.0667. The van der Waals surface area contributed by atoms with Gasteiger partial charge in [0.05, 0.1) is 16.5 Å². The minimum Gasteiger partial charge on any atom is -0.367 e. The van der Waals surface area contributed by atoms with E-state index in [9.17, 15) is 4.79 Å². The number of piperidine rings is 1. The van der Waals surface area contributed by atoms with Gasteiger partial charge >= 0.3 is 0 Å². The fourth-order valence-corrected chi connectivity index (χ4v) is 4.09. The van der Waals surface area contributed by atoms with Crippen molar-refractivity contribution in [2.75, 3.05) is 32.5 Å². The van der Waals surface area contributed by atoms with Crippen LogP contribution in [0.3, 0.4) is 0 Å². The number of carbonyl (C=O) groups excluding carboxylic acids is 1. The maximum absolute atomic E-state index is 13.6. The number of nitrogens with zero attached hydrogens (tertiary/aromatic N) is 5. The number of rotatable bonds is 4. The number of amides is 1. The third kappa shape index (κ3) is 3.20. The molecule has 1 aliphatic heterocycles. The lowest BCUT2D eigenvalue weighted by Gasteiger charge is -2.35. The van der Waals surface area contributed by atoms with Crippen LogP contribution in [0, 0.1) is 0 Å². The van der Waals surface area contributed by atoms with Crippen molar-refractivity contribution in [1.82, 2.24) is 24.2 Å². The van der Waals surface area contributed by atoms with Crippen LogP contribution in [0.5, 0.6) is 0 Å². The summed E-state index contributed by atoms with van der Waals surface area (Å²) in [4.78, 5) is 26.8. The number of hydrogen-bond donors (Lipinski definition) is 1. The first-order chi connectivity index (χ1) is 13.5. The van der Waals surface area contributed by atoms with Crippen LogP contribution in [-0.2, 0) is 0 Å². The molecule has 0 spiro atoms. The topological polar surface area (TPSA) is 65.8 Å². The van der Waals surface area contributed by atoms with E-state index in [1.807, 2.05) is 33.7 Å². The number of aromatic nitrogens is 3. The molecule has 0 radical (unpaired) electrons. The molecular weight excluding hydrogens is 352 g/mol. The van der Waals surface area contributed by atoms with Crippen LogP contribution in [0.25, 0.3) is 16.6 Å². The lowest BCUT2D eigenvalue weighted by Crippen LogP contribution is -2.44. The predicted molar refractivity (Wildman–Crippen MR) is 112 cm³/mol. The SMILES string of the molecule is CC(C)Nc1ncnc2c1c(C(=O)N1CCC(N(C)C)CC1)c1ccccn12. The molecule has 3 aromatic rings. The summed E-state index contributed by atoms with van der Waals surface area (Å²) in [6.45, 7) is 5.68. The zero-order valence-corrected chi connectivity index (χ0v) is 17.0. The van der Waals surface area contributed by atoms with Gasteiger partial charge in [-0.05, 0) is 52.9 Å². The predicted octanol–water partition coefficient (Wildman–Crippen LogP) is 2.87. The summed E-state index contributed by atoms with van der Waals surface area (Å²) < 4.78 is 1.99. The largest absolute Gasteiger partial charge is 0.367 e. The molecule has 1 N–H and O–H groups in total. The second-order valence-electron chi connectivity index (χ2n) is 8.04. The molecule has 1 aliphatic rings. The number of nitrogens with one attached hydrogen (secondary N) is 1. The maximum Gasteiger partial charge on any atom is 0.256 e. The minimum absolute atomic E-state index is 0.0671. The summed E-state index contributed by atoms with van der Waals surface area (Å²) >= 11 is 0. The molecule has 1 saturated heterocycles. The molecule has 0 saturated carbocycles. The van der Waals surface area contributed by atoms with E-state index in [0.717, 1.165) is 48.3 Å². The van der Waals surface area contributed by atoms with Crippen molar-refractivity contribution >= 4 is 28.3 Å². The number of pyridine rings is 1. The Bertz CT molecular complexity index is 1000. The Kier molecular flexibility index (Phi) is 4.93. The zero-order chi connectivity index (χ0) is 19.8. The van der Waals surface area contributed by atoms with E-state index >= 15 is 0 Å². The monoisotopic (exact) mass is 380 g/mol. The van der Waals surface area contributed by atoms with E-state index in [-0.39, 0.29) is 11.9 Å². The van der Waals surface area contributed by atoms with Gasteiger partial charge in [-0.2, -0.15) is 0 Å². The quantitative estimate of drug-likeness (QED) is 0.754. The highest BCUT2D eigenvalue weighted by molar-refractivity contribution is 6.16. The normalized spacial score (nSPS) is 15.9. The molecule has 3 aromatic heterocycles. The highest BCUT2D eigenvalue weighted by atomic mass is 16.2. The van der Waals surface area contributed by atoms with Crippen molar-refractivity contribution in [3.05, 3.63) is 36.3 Å². The summed E-state index contributed by atoms with van der Waals surface area (Å²) in [6.07, 6.45) is 5.51. The van der Waals surface area contributed by atoms with Gasteiger partial charge in [-0.3, -0.25) is 4.79 Å².